The van der Waals surface area contributed by atoms with E-state index in [9.17, 15) is 14.4 Å². The average Bonchev–Trinajstić information content (AvgIpc) is 3.70. The van der Waals surface area contributed by atoms with E-state index in [4.69, 9.17) is 4.74 Å². The van der Waals surface area contributed by atoms with Gasteiger partial charge in [0, 0.05) is 24.3 Å². The summed E-state index contributed by atoms with van der Waals surface area (Å²) < 4.78 is 6.53. The molecular formula is C28H30N6O4S. The first-order chi connectivity index (χ1) is 18.9. The number of thioether (sulfide) groups is 1. The van der Waals surface area contributed by atoms with Crippen LogP contribution in [0.3, 0.4) is 0 Å². The summed E-state index contributed by atoms with van der Waals surface area (Å²) >= 11 is 1.82. The van der Waals surface area contributed by atoms with E-state index in [-0.39, 0.29) is 41.6 Å². The fourth-order valence-electron chi connectivity index (χ4n) is 5.01. The Hall–Kier alpha value is -3.99. The van der Waals surface area contributed by atoms with Gasteiger partial charge in [0.2, 0.25) is 0 Å². The average molecular weight is 547 g/mol. The van der Waals surface area contributed by atoms with E-state index in [1.54, 1.807) is 6.07 Å². The Kier molecular flexibility index (Phi) is 7.78. The number of aromatic nitrogens is 4. The van der Waals surface area contributed by atoms with Crippen molar-refractivity contribution in [3.8, 4) is 0 Å². The first-order valence-electron chi connectivity index (χ1n) is 12.9. The van der Waals surface area contributed by atoms with Gasteiger partial charge in [-0.05, 0) is 53.8 Å². The second-order valence-corrected chi connectivity index (χ2v) is 10.7. The van der Waals surface area contributed by atoms with Gasteiger partial charge in [0.1, 0.15) is 24.3 Å². The van der Waals surface area contributed by atoms with E-state index in [0.29, 0.717) is 24.9 Å². The number of rotatable bonds is 9. The lowest BCUT2D eigenvalue weighted by atomic mass is 9.98. The van der Waals surface area contributed by atoms with Crippen molar-refractivity contribution >= 4 is 35.3 Å². The molecule has 0 bridgehead atoms. The minimum atomic E-state index is -0.396. The lowest BCUT2D eigenvalue weighted by molar-refractivity contribution is 0.0548. The predicted octanol–water partition coefficient (Wildman–Crippen LogP) is 3.58. The molecular weight excluding hydrogens is 516 g/mol. The largest absolute Gasteiger partial charge is 0.458 e. The molecule has 202 valence electrons. The Labute approximate surface area is 230 Å². The van der Waals surface area contributed by atoms with Gasteiger partial charge in [-0.2, -0.15) is 14.6 Å². The number of hydrogen-bond acceptors (Lipinski definition) is 8. The number of esters is 1. The third-order valence-electron chi connectivity index (χ3n) is 7.05. The van der Waals surface area contributed by atoms with Crippen LogP contribution in [-0.2, 0) is 11.2 Å². The minimum absolute atomic E-state index is 0.108. The molecule has 1 unspecified atom stereocenters. The lowest BCUT2D eigenvalue weighted by Gasteiger charge is -2.16. The van der Waals surface area contributed by atoms with Crippen LogP contribution in [0.25, 0.3) is 5.78 Å². The first kappa shape index (κ1) is 26.6. The number of hydrogen-bond donors (Lipinski definition) is 2. The molecule has 0 saturated heterocycles. The molecule has 2 atom stereocenters. The van der Waals surface area contributed by atoms with Crippen LogP contribution in [0.15, 0.2) is 48.2 Å². The van der Waals surface area contributed by atoms with Gasteiger partial charge in [-0.3, -0.25) is 9.59 Å². The van der Waals surface area contributed by atoms with Crippen molar-refractivity contribution < 1.29 is 19.1 Å². The van der Waals surface area contributed by atoms with Crippen molar-refractivity contribution in [1.29, 1.82) is 0 Å². The number of amides is 2. The summed E-state index contributed by atoms with van der Waals surface area (Å²) in [5.41, 5.74) is 3.62. The summed E-state index contributed by atoms with van der Waals surface area (Å²) in [4.78, 5) is 48.6. The van der Waals surface area contributed by atoms with E-state index in [0.717, 1.165) is 28.9 Å². The molecule has 2 aromatic heterocycles. The van der Waals surface area contributed by atoms with Gasteiger partial charge in [-0.15, -0.1) is 11.8 Å². The molecule has 5 rings (SSSR count). The summed E-state index contributed by atoms with van der Waals surface area (Å²) in [7, 11) is 0. The molecule has 10 nitrogen and oxygen atoms in total. The van der Waals surface area contributed by atoms with E-state index in [1.807, 2.05) is 24.8 Å². The topological polar surface area (TPSA) is 128 Å². The van der Waals surface area contributed by atoms with Crippen LogP contribution in [0.5, 0.6) is 0 Å². The van der Waals surface area contributed by atoms with Gasteiger partial charge >= 0.3 is 5.97 Å². The second kappa shape index (κ2) is 11.4. The SMILES string of the molecule is C=CCOC(=O)c1ccc2c(c1C)CC[C@@H]2NC(=O)c1cc(C(=O)NCC2C=C(CC)SC2)nc2ncnn12. The van der Waals surface area contributed by atoms with Crippen LogP contribution in [0.4, 0.5) is 0 Å². The zero-order chi connectivity index (χ0) is 27.5. The number of carbonyl (C=O) groups is 3. The Morgan fingerprint density at radius 3 is 2.90 bits per heavy atom. The molecule has 0 saturated carbocycles. The van der Waals surface area contributed by atoms with E-state index >= 15 is 0 Å². The predicted molar refractivity (Wildman–Crippen MR) is 148 cm³/mol. The molecule has 0 radical (unpaired) electrons. The Balaban J connectivity index is 1.33. The van der Waals surface area contributed by atoms with Crippen LogP contribution in [-0.4, -0.2) is 56.3 Å². The molecule has 39 heavy (non-hydrogen) atoms. The van der Waals surface area contributed by atoms with Crippen molar-refractivity contribution in [2.45, 2.75) is 39.2 Å². The first-order valence-corrected chi connectivity index (χ1v) is 13.9. The molecule has 1 aromatic carbocycles. The highest BCUT2D eigenvalue weighted by Crippen LogP contribution is 2.35. The van der Waals surface area contributed by atoms with Crippen molar-refractivity contribution in [2.24, 2.45) is 5.92 Å². The van der Waals surface area contributed by atoms with Crippen LogP contribution >= 0.6 is 11.8 Å². The number of benzene rings is 1. The number of ether oxygens (including phenoxy) is 1. The molecule has 11 heteroatoms. The van der Waals surface area contributed by atoms with Crippen molar-refractivity contribution in [3.05, 3.63) is 81.8 Å². The minimum Gasteiger partial charge on any atom is -0.458 e. The number of nitrogens with one attached hydrogen (secondary N) is 2. The van der Waals surface area contributed by atoms with Crippen molar-refractivity contribution in [2.75, 3.05) is 18.9 Å². The number of nitrogens with zero attached hydrogens (tertiary/aromatic N) is 4. The highest BCUT2D eigenvalue weighted by Gasteiger charge is 2.29. The second-order valence-electron chi connectivity index (χ2n) is 9.52. The summed E-state index contributed by atoms with van der Waals surface area (Å²) in [6, 6.07) is 4.78. The number of allylic oxidation sites excluding steroid dienone is 1. The zero-order valence-electron chi connectivity index (χ0n) is 21.9. The van der Waals surface area contributed by atoms with Crippen LogP contribution in [0.1, 0.15) is 73.8 Å². The van der Waals surface area contributed by atoms with Gasteiger partial charge in [0.25, 0.3) is 17.6 Å². The maximum atomic E-state index is 13.5. The zero-order valence-corrected chi connectivity index (χ0v) is 22.7. The van der Waals surface area contributed by atoms with Crippen LogP contribution in [0.2, 0.25) is 0 Å². The number of fused-ring (bicyclic) bond motifs is 2. The van der Waals surface area contributed by atoms with Gasteiger partial charge in [0.15, 0.2) is 0 Å². The summed E-state index contributed by atoms with van der Waals surface area (Å²) in [6.07, 6.45) is 7.42. The Morgan fingerprint density at radius 1 is 1.28 bits per heavy atom. The van der Waals surface area contributed by atoms with Crippen molar-refractivity contribution in [1.82, 2.24) is 30.2 Å². The number of carbonyl (C=O) groups excluding carboxylic acids is 3. The summed E-state index contributed by atoms with van der Waals surface area (Å²) in [5, 5.41) is 10.1. The molecule has 2 amide bonds. The third kappa shape index (κ3) is 5.44. The normalized spacial score (nSPS) is 17.9. The van der Waals surface area contributed by atoms with E-state index in [2.05, 4.69) is 45.3 Å². The molecule has 0 spiro atoms. The monoisotopic (exact) mass is 546 g/mol. The molecule has 2 N–H and O–H groups in total. The summed E-state index contributed by atoms with van der Waals surface area (Å²) in [5.74, 6) is 0.220. The van der Waals surface area contributed by atoms with Gasteiger partial charge in [-0.1, -0.05) is 31.7 Å². The fourth-order valence-corrected chi connectivity index (χ4v) is 6.15. The molecule has 2 aliphatic rings. The maximum absolute atomic E-state index is 13.5. The van der Waals surface area contributed by atoms with E-state index in [1.165, 1.54) is 27.9 Å². The molecule has 3 heterocycles. The maximum Gasteiger partial charge on any atom is 0.338 e. The Morgan fingerprint density at radius 2 is 2.13 bits per heavy atom. The van der Waals surface area contributed by atoms with Gasteiger partial charge in [0.05, 0.1) is 11.6 Å². The van der Waals surface area contributed by atoms with Crippen molar-refractivity contribution in [3.63, 3.8) is 0 Å². The Bertz CT molecular complexity index is 1500. The molecule has 1 aliphatic carbocycles. The third-order valence-corrected chi connectivity index (χ3v) is 8.44. The van der Waals surface area contributed by atoms with E-state index < -0.39 is 11.9 Å². The lowest BCUT2D eigenvalue weighted by Crippen LogP contribution is -2.32. The molecule has 1 aliphatic heterocycles. The standard InChI is InChI=1S/C28H30N6O4S/c1-4-10-38-27(37)20-6-7-21-19(16(20)3)8-9-22(21)32-26(36)24-12-23(33-28-30-15-31-34(24)28)25(35)29-13-17-11-18(5-2)39-14-17/h4,6-7,11-12,15,17,22H,1,5,8-10,13-14H2,2-3H3,(H,29,35)(H,32,36)/t17?,22-/m0/s1. The highest BCUT2D eigenvalue weighted by atomic mass is 32.2. The molecule has 0 fully saturated rings. The smallest absolute Gasteiger partial charge is 0.338 e. The molecule has 3 aromatic rings. The van der Waals surface area contributed by atoms with Crippen LogP contribution < -0.4 is 10.6 Å². The summed E-state index contributed by atoms with van der Waals surface area (Å²) in [6.45, 7) is 8.23. The fraction of sp³-hybridized carbons (Fsp3) is 0.357. The quantitative estimate of drug-likeness (QED) is 0.308. The van der Waals surface area contributed by atoms with Gasteiger partial charge < -0.3 is 15.4 Å². The van der Waals surface area contributed by atoms with Gasteiger partial charge in [-0.25, -0.2) is 9.78 Å². The van der Waals surface area contributed by atoms with Crippen LogP contribution in [0, 0.1) is 12.8 Å². The highest BCUT2D eigenvalue weighted by molar-refractivity contribution is 8.03.